The molecule has 1 unspecified atom stereocenters. The molecule has 30 heavy (non-hydrogen) atoms. The average molecular weight is 434 g/mol. The highest BCUT2D eigenvalue weighted by atomic mass is 35.5. The highest BCUT2D eigenvalue weighted by Crippen LogP contribution is 2.28. The summed E-state index contributed by atoms with van der Waals surface area (Å²) in [4.78, 5) is 14.5. The minimum absolute atomic E-state index is 0. The second kappa shape index (κ2) is 12.4. The number of hydrogen-bond donors (Lipinski definition) is 2. The molecule has 0 bridgehead atoms. The van der Waals surface area contributed by atoms with Crippen molar-refractivity contribution in [2.24, 2.45) is 0 Å². The first kappa shape index (κ1) is 24.0. The summed E-state index contributed by atoms with van der Waals surface area (Å²) < 4.78 is 11.4. The van der Waals surface area contributed by atoms with E-state index in [0.717, 1.165) is 30.6 Å². The molecule has 2 aromatic carbocycles. The minimum atomic E-state index is 0. The second-order valence-corrected chi connectivity index (χ2v) is 7.40. The SMILES string of the molecule is CNC1CCCN(CC(=O)NCc2ccc(OCc3ccccc3)c(OC)c2)C1.Cl. The van der Waals surface area contributed by atoms with Crippen LogP contribution in [0.2, 0.25) is 0 Å². The number of halogens is 1. The van der Waals surface area contributed by atoms with Crippen LogP contribution >= 0.6 is 12.4 Å². The van der Waals surface area contributed by atoms with Crippen LogP contribution in [-0.4, -0.2) is 50.6 Å². The van der Waals surface area contributed by atoms with Crippen molar-refractivity contribution in [3.63, 3.8) is 0 Å². The Hall–Kier alpha value is -2.28. The molecule has 1 fully saturated rings. The molecule has 1 heterocycles. The van der Waals surface area contributed by atoms with Crippen molar-refractivity contribution in [1.29, 1.82) is 0 Å². The number of ether oxygens (including phenoxy) is 2. The Bertz CT molecular complexity index is 789. The topological polar surface area (TPSA) is 62.8 Å². The molecular formula is C23H32ClN3O3. The van der Waals surface area contributed by atoms with E-state index < -0.39 is 0 Å². The fourth-order valence-electron chi connectivity index (χ4n) is 3.57. The Morgan fingerprint density at radius 1 is 1.13 bits per heavy atom. The number of likely N-dealkylation sites (N-methyl/N-ethyl adjacent to an activating group) is 1. The predicted molar refractivity (Wildman–Crippen MR) is 121 cm³/mol. The smallest absolute Gasteiger partial charge is 0.234 e. The molecule has 0 aliphatic carbocycles. The molecule has 0 radical (unpaired) electrons. The lowest BCUT2D eigenvalue weighted by molar-refractivity contribution is -0.122. The zero-order chi connectivity index (χ0) is 20.5. The van der Waals surface area contributed by atoms with Gasteiger partial charge in [0, 0.05) is 19.1 Å². The van der Waals surface area contributed by atoms with E-state index >= 15 is 0 Å². The number of carbonyl (C=O) groups is 1. The maximum atomic E-state index is 12.3. The maximum absolute atomic E-state index is 12.3. The molecule has 1 amide bonds. The van der Waals surface area contributed by atoms with Crippen molar-refractivity contribution in [2.45, 2.75) is 32.0 Å². The normalized spacial score (nSPS) is 16.4. The van der Waals surface area contributed by atoms with Crippen LogP contribution in [0.3, 0.4) is 0 Å². The molecule has 0 aromatic heterocycles. The summed E-state index contributed by atoms with van der Waals surface area (Å²) in [5.74, 6) is 1.41. The first-order valence-corrected chi connectivity index (χ1v) is 10.2. The first-order chi connectivity index (χ1) is 14.2. The zero-order valence-corrected chi connectivity index (χ0v) is 18.5. The third-order valence-electron chi connectivity index (χ3n) is 5.24. The molecule has 1 saturated heterocycles. The molecule has 164 valence electrons. The van der Waals surface area contributed by atoms with Gasteiger partial charge in [0.15, 0.2) is 11.5 Å². The first-order valence-electron chi connectivity index (χ1n) is 10.2. The highest BCUT2D eigenvalue weighted by Gasteiger charge is 2.20. The van der Waals surface area contributed by atoms with Gasteiger partial charge in [0.2, 0.25) is 5.91 Å². The summed E-state index contributed by atoms with van der Waals surface area (Å²) in [5.41, 5.74) is 2.08. The molecule has 2 N–H and O–H groups in total. The van der Waals surface area contributed by atoms with E-state index in [-0.39, 0.29) is 18.3 Å². The van der Waals surface area contributed by atoms with Crippen LogP contribution in [0.15, 0.2) is 48.5 Å². The number of benzene rings is 2. The van der Waals surface area contributed by atoms with Crippen molar-refractivity contribution in [3.05, 3.63) is 59.7 Å². The number of rotatable bonds is 9. The number of hydrogen-bond acceptors (Lipinski definition) is 5. The lowest BCUT2D eigenvalue weighted by Crippen LogP contribution is -2.47. The molecule has 6 nitrogen and oxygen atoms in total. The molecule has 7 heteroatoms. The van der Waals surface area contributed by atoms with E-state index in [1.807, 2.05) is 55.6 Å². The van der Waals surface area contributed by atoms with Crippen LogP contribution in [0, 0.1) is 0 Å². The van der Waals surface area contributed by atoms with Gasteiger partial charge in [-0.2, -0.15) is 0 Å². The Labute approximate surface area is 185 Å². The maximum Gasteiger partial charge on any atom is 0.234 e. The third kappa shape index (κ3) is 7.20. The van der Waals surface area contributed by atoms with Crippen molar-refractivity contribution in [3.8, 4) is 11.5 Å². The van der Waals surface area contributed by atoms with Crippen LogP contribution in [0.25, 0.3) is 0 Å². The van der Waals surface area contributed by atoms with Crippen LogP contribution in [0.4, 0.5) is 0 Å². The molecule has 0 saturated carbocycles. The second-order valence-electron chi connectivity index (χ2n) is 7.40. The van der Waals surface area contributed by atoms with Gasteiger partial charge in [0.05, 0.1) is 13.7 Å². The number of piperidine rings is 1. The van der Waals surface area contributed by atoms with Gasteiger partial charge in [0.1, 0.15) is 6.61 Å². The van der Waals surface area contributed by atoms with Gasteiger partial charge in [-0.25, -0.2) is 0 Å². The summed E-state index contributed by atoms with van der Waals surface area (Å²) in [7, 11) is 3.61. The summed E-state index contributed by atoms with van der Waals surface area (Å²) in [5, 5.41) is 6.31. The fourth-order valence-corrected chi connectivity index (χ4v) is 3.57. The minimum Gasteiger partial charge on any atom is -0.493 e. The van der Waals surface area contributed by atoms with E-state index in [1.54, 1.807) is 7.11 Å². The average Bonchev–Trinajstić information content (AvgIpc) is 2.77. The van der Waals surface area contributed by atoms with Gasteiger partial charge in [-0.05, 0) is 49.7 Å². The Morgan fingerprint density at radius 3 is 2.67 bits per heavy atom. The van der Waals surface area contributed by atoms with Gasteiger partial charge in [-0.1, -0.05) is 36.4 Å². The quantitative estimate of drug-likeness (QED) is 0.636. The van der Waals surface area contributed by atoms with Crippen molar-refractivity contribution < 1.29 is 14.3 Å². The van der Waals surface area contributed by atoms with E-state index in [4.69, 9.17) is 9.47 Å². The van der Waals surface area contributed by atoms with Gasteiger partial charge >= 0.3 is 0 Å². The lowest BCUT2D eigenvalue weighted by Gasteiger charge is -2.31. The van der Waals surface area contributed by atoms with Crippen LogP contribution in [-0.2, 0) is 17.9 Å². The summed E-state index contributed by atoms with van der Waals surface area (Å²) >= 11 is 0. The molecule has 1 aliphatic rings. The van der Waals surface area contributed by atoms with E-state index in [2.05, 4.69) is 15.5 Å². The molecule has 2 aromatic rings. The van der Waals surface area contributed by atoms with Crippen molar-refractivity contribution in [2.75, 3.05) is 33.8 Å². The Kier molecular flexibility index (Phi) is 9.94. The standard InChI is InChI=1S/C23H31N3O3.ClH/c1-24-20-9-6-12-26(15-20)16-23(27)25-14-19-10-11-21(22(13-19)28-2)29-17-18-7-4-3-5-8-18;/h3-5,7-8,10-11,13,20,24H,6,9,12,14-17H2,1-2H3,(H,25,27);1H. The van der Waals surface area contributed by atoms with E-state index in [9.17, 15) is 4.79 Å². The van der Waals surface area contributed by atoms with Crippen molar-refractivity contribution >= 4 is 18.3 Å². The van der Waals surface area contributed by atoms with Gasteiger partial charge in [-0.15, -0.1) is 12.4 Å². The number of carbonyl (C=O) groups excluding carboxylic acids is 1. The molecule has 0 spiro atoms. The highest BCUT2D eigenvalue weighted by molar-refractivity contribution is 5.85. The van der Waals surface area contributed by atoms with Gasteiger partial charge in [0.25, 0.3) is 0 Å². The zero-order valence-electron chi connectivity index (χ0n) is 17.7. The number of nitrogens with one attached hydrogen (secondary N) is 2. The lowest BCUT2D eigenvalue weighted by atomic mass is 10.1. The number of amides is 1. The third-order valence-corrected chi connectivity index (χ3v) is 5.24. The number of methoxy groups -OCH3 is 1. The Morgan fingerprint density at radius 2 is 1.93 bits per heavy atom. The summed E-state index contributed by atoms with van der Waals surface area (Å²) in [6.45, 7) is 3.29. The van der Waals surface area contributed by atoms with Crippen molar-refractivity contribution in [1.82, 2.24) is 15.5 Å². The summed E-state index contributed by atoms with van der Waals surface area (Å²) in [6, 6.07) is 16.3. The van der Waals surface area contributed by atoms with Gasteiger partial charge < -0.3 is 20.1 Å². The van der Waals surface area contributed by atoms with Crippen LogP contribution in [0.5, 0.6) is 11.5 Å². The monoisotopic (exact) mass is 433 g/mol. The van der Waals surface area contributed by atoms with E-state index in [1.165, 1.54) is 6.42 Å². The fraction of sp³-hybridized carbons (Fsp3) is 0.435. The van der Waals surface area contributed by atoms with Crippen LogP contribution in [0.1, 0.15) is 24.0 Å². The van der Waals surface area contributed by atoms with E-state index in [0.29, 0.717) is 37.2 Å². The summed E-state index contributed by atoms with van der Waals surface area (Å²) in [6.07, 6.45) is 2.30. The largest absolute Gasteiger partial charge is 0.493 e. The van der Waals surface area contributed by atoms with Crippen LogP contribution < -0.4 is 20.1 Å². The Balaban J connectivity index is 0.00000320. The molecule has 1 atom stereocenters. The molecular weight excluding hydrogens is 402 g/mol. The molecule has 1 aliphatic heterocycles. The van der Waals surface area contributed by atoms with Gasteiger partial charge in [-0.3, -0.25) is 9.69 Å². The number of likely N-dealkylation sites (tertiary alicyclic amines) is 1. The molecule has 3 rings (SSSR count). The predicted octanol–water partition coefficient (Wildman–Crippen LogP) is 3.00. The number of nitrogens with zero attached hydrogens (tertiary/aromatic N) is 1.